The summed E-state index contributed by atoms with van der Waals surface area (Å²) in [7, 11) is 0. The van der Waals surface area contributed by atoms with Crippen molar-refractivity contribution in [2.75, 3.05) is 39.5 Å². The highest BCUT2D eigenvalue weighted by Gasteiger charge is 2.11. The predicted molar refractivity (Wildman–Crippen MR) is 121 cm³/mol. The average Bonchev–Trinajstić information content (AvgIpc) is 2.79. The van der Waals surface area contributed by atoms with Crippen molar-refractivity contribution in [1.29, 1.82) is 0 Å². The molecule has 6 heteroatoms. The van der Waals surface area contributed by atoms with Crippen LogP contribution >= 0.6 is 0 Å². The van der Waals surface area contributed by atoms with E-state index in [1.54, 1.807) is 0 Å². The minimum Gasteiger partial charge on any atom is -0.492 e. The van der Waals surface area contributed by atoms with E-state index in [0.717, 1.165) is 55.3 Å². The Morgan fingerprint density at radius 3 is 2.61 bits per heavy atom. The number of nitrogens with zero attached hydrogens (tertiary/aromatic N) is 1. The van der Waals surface area contributed by atoms with Gasteiger partial charge in [-0.25, -0.2) is 0 Å². The molecule has 0 aliphatic carbocycles. The van der Waals surface area contributed by atoms with Crippen molar-refractivity contribution < 1.29 is 19.1 Å². The van der Waals surface area contributed by atoms with Crippen LogP contribution in [-0.2, 0) is 16.1 Å². The second kappa shape index (κ2) is 11.6. The molecule has 0 unspecified atom stereocenters. The van der Waals surface area contributed by atoms with Gasteiger partial charge in [0, 0.05) is 44.6 Å². The Morgan fingerprint density at radius 2 is 1.84 bits per heavy atom. The summed E-state index contributed by atoms with van der Waals surface area (Å²) in [6.45, 7) is 9.37. The summed E-state index contributed by atoms with van der Waals surface area (Å²) in [6, 6.07) is 13.4. The maximum atomic E-state index is 12.3. The molecule has 0 saturated carbocycles. The molecule has 0 aromatic heterocycles. The number of ketones is 1. The van der Waals surface area contributed by atoms with E-state index in [0.29, 0.717) is 18.7 Å². The zero-order valence-electron chi connectivity index (χ0n) is 18.5. The smallest absolute Gasteiger partial charge is 0.220 e. The molecular weight excluding hydrogens is 392 g/mol. The van der Waals surface area contributed by atoms with E-state index >= 15 is 0 Å². The van der Waals surface area contributed by atoms with E-state index in [4.69, 9.17) is 9.47 Å². The summed E-state index contributed by atoms with van der Waals surface area (Å²) < 4.78 is 11.2. The summed E-state index contributed by atoms with van der Waals surface area (Å²) in [5.74, 6) is 0.662. The van der Waals surface area contributed by atoms with Gasteiger partial charge in [-0.15, -0.1) is 0 Å². The number of carbonyl (C=O) groups excluding carboxylic acids is 2. The molecule has 2 aromatic rings. The Balaban J connectivity index is 1.38. The van der Waals surface area contributed by atoms with E-state index < -0.39 is 0 Å². The van der Waals surface area contributed by atoms with E-state index in [9.17, 15) is 9.59 Å². The van der Waals surface area contributed by atoms with E-state index in [1.807, 2.05) is 56.3 Å². The Labute approximate surface area is 184 Å². The van der Waals surface area contributed by atoms with Gasteiger partial charge in [-0.1, -0.05) is 24.3 Å². The van der Waals surface area contributed by atoms with Crippen LogP contribution < -0.4 is 10.1 Å². The van der Waals surface area contributed by atoms with Crippen LogP contribution in [0.5, 0.6) is 5.75 Å². The molecule has 1 amide bonds. The number of carbonyl (C=O) groups is 2. The van der Waals surface area contributed by atoms with Crippen LogP contribution in [0.25, 0.3) is 0 Å². The zero-order valence-corrected chi connectivity index (χ0v) is 18.5. The van der Waals surface area contributed by atoms with Gasteiger partial charge in [-0.05, 0) is 48.7 Å². The van der Waals surface area contributed by atoms with Crippen molar-refractivity contribution in [3.8, 4) is 5.75 Å². The fraction of sp³-hybridized carbons (Fsp3) is 0.440. The number of morpholine rings is 1. The van der Waals surface area contributed by atoms with Crippen LogP contribution in [0.2, 0.25) is 0 Å². The summed E-state index contributed by atoms with van der Waals surface area (Å²) in [6.07, 6.45) is 0.389. The lowest BCUT2D eigenvalue weighted by atomic mass is 10.0. The van der Waals surface area contributed by atoms with Gasteiger partial charge >= 0.3 is 0 Å². The first-order chi connectivity index (χ1) is 15.0. The molecule has 0 spiro atoms. The molecule has 1 fully saturated rings. The summed E-state index contributed by atoms with van der Waals surface area (Å²) in [4.78, 5) is 26.9. The minimum atomic E-state index is -0.129. The largest absolute Gasteiger partial charge is 0.492 e. The van der Waals surface area contributed by atoms with Gasteiger partial charge in [-0.3, -0.25) is 14.5 Å². The molecule has 1 heterocycles. The van der Waals surface area contributed by atoms with Gasteiger partial charge in [0.1, 0.15) is 12.4 Å². The maximum Gasteiger partial charge on any atom is 0.220 e. The van der Waals surface area contributed by atoms with Crippen LogP contribution in [0.3, 0.4) is 0 Å². The third-order valence-corrected chi connectivity index (χ3v) is 5.58. The second-order valence-corrected chi connectivity index (χ2v) is 7.95. The van der Waals surface area contributed by atoms with E-state index in [-0.39, 0.29) is 24.5 Å². The van der Waals surface area contributed by atoms with Crippen LogP contribution in [0.4, 0.5) is 0 Å². The number of hydrogen-bond acceptors (Lipinski definition) is 5. The second-order valence-electron chi connectivity index (χ2n) is 7.95. The number of benzene rings is 2. The monoisotopic (exact) mass is 424 g/mol. The van der Waals surface area contributed by atoms with Crippen molar-refractivity contribution in [2.45, 2.75) is 33.2 Å². The molecule has 6 nitrogen and oxygen atoms in total. The fourth-order valence-corrected chi connectivity index (χ4v) is 3.44. The highest BCUT2D eigenvalue weighted by Crippen LogP contribution is 2.14. The minimum absolute atomic E-state index is 0.00563. The van der Waals surface area contributed by atoms with Crippen molar-refractivity contribution in [3.63, 3.8) is 0 Å². The van der Waals surface area contributed by atoms with Gasteiger partial charge < -0.3 is 14.8 Å². The van der Waals surface area contributed by atoms with Crippen LogP contribution in [0, 0.1) is 13.8 Å². The van der Waals surface area contributed by atoms with Gasteiger partial charge in [0.05, 0.1) is 13.2 Å². The molecule has 1 aliphatic rings. The number of hydrogen-bond donors (Lipinski definition) is 1. The number of aryl methyl sites for hydroxylation is 2. The van der Waals surface area contributed by atoms with Gasteiger partial charge in [0.2, 0.25) is 5.91 Å². The van der Waals surface area contributed by atoms with Gasteiger partial charge in [0.15, 0.2) is 5.78 Å². The molecule has 0 bridgehead atoms. The topological polar surface area (TPSA) is 67.9 Å². The molecule has 2 aromatic carbocycles. The first-order valence-corrected chi connectivity index (χ1v) is 10.9. The summed E-state index contributed by atoms with van der Waals surface area (Å²) in [5, 5.41) is 2.89. The average molecular weight is 425 g/mol. The third-order valence-electron chi connectivity index (χ3n) is 5.58. The van der Waals surface area contributed by atoms with Gasteiger partial charge in [0.25, 0.3) is 0 Å². The van der Waals surface area contributed by atoms with Gasteiger partial charge in [-0.2, -0.15) is 0 Å². The van der Waals surface area contributed by atoms with E-state index in [1.165, 1.54) is 0 Å². The number of ether oxygens (including phenoxy) is 2. The molecule has 3 rings (SSSR count). The fourth-order valence-electron chi connectivity index (χ4n) is 3.44. The number of Topliss-reactive ketones (excluding diaryl/α,β-unsaturated/α-hetero) is 1. The summed E-state index contributed by atoms with van der Waals surface area (Å²) >= 11 is 0. The van der Waals surface area contributed by atoms with Crippen molar-refractivity contribution in [1.82, 2.24) is 10.2 Å². The first-order valence-electron chi connectivity index (χ1n) is 10.9. The Morgan fingerprint density at radius 1 is 1.03 bits per heavy atom. The highest BCUT2D eigenvalue weighted by atomic mass is 16.5. The lowest BCUT2D eigenvalue weighted by molar-refractivity contribution is -0.121. The highest BCUT2D eigenvalue weighted by molar-refractivity contribution is 5.98. The lowest BCUT2D eigenvalue weighted by Crippen LogP contribution is -2.38. The standard InChI is InChI=1S/C25H32N2O4/c1-19-6-7-22(16-20(19)2)24(28)8-9-25(29)26-18-21-4-3-5-23(17-21)31-15-12-27-10-13-30-14-11-27/h3-7,16-17H,8-15,18H2,1-2H3,(H,26,29). The van der Waals surface area contributed by atoms with Crippen LogP contribution in [0.15, 0.2) is 42.5 Å². The van der Waals surface area contributed by atoms with Crippen LogP contribution in [-0.4, -0.2) is 56.0 Å². The molecular formula is C25H32N2O4. The molecule has 1 N–H and O–H groups in total. The maximum absolute atomic E-state index is 12.3. The quantitative estimate of drug-likeness (QED) is 0.593. The zero-order chi connectivity index (χ0) is 22.1. The number of rotatable bonds is 10. The molecule has 0 atom stereocenters. The molecule has 31 heavy (non-hydrogen) atoms. The molecule has 0 radical (unpaired) electrons. The van der Waals surface area contributed by atoms with Crippen molar-refractivity contribution >= 4 is 11.7 Å². The molecule has 1 saturated heterocycles. The normalized spacial score (nSPS) is 14.3. The van der Waals surface area contributed by atoms with Crippen molar-refractivity contribution in [3.05, 3.63) is 64.7 Å². The third kappa shape index (κ3) is 7.49. The Bertz CT molecular complexity index is 891. The Hall–Kier alpha value is -2.70. The molecule has 166 valence electrons. The lowest BCUT2D eigenvalue weighted by Gasteiger charge is -2.26. The number of nitrogens with one attached hydrogen (secondary N) is 1. The SMILES string of the molecule is Cc1ccc(C(=O)CCC(=O)NCc2cccc(OCCN3CCOCC3)c2)cc1C. The molecule has 1 aliphatic heterocycles. The summed E-state index contributed by atoms with van der Waals surface area (Å²) in [5.41, 5.74) is 3.87. The van der Waals surface area contributed by atoms with Crippen molar-refractivity contribution in [2.24, 2.45) is 0 Å². The first kappa shape index (κ1) is 23.0. The Kier molecular flexibility index (Phi) is 8.62. The number of amides is 1. The van der Waals surface area contributed by atoms with Crippen LogP contribution in [0.1, 0.15) is 39.9 Å². The van der Waals surface area contributed by atoms with E-state index in [2.05, 4.69) is 10.2 Å². The predicted octanol–water partition coefficient (Wildman–Crippen LogP) is 3.29.